The zero-order chi connectivity index (χ0) is 19.5. The number of Topliss-reactive ketones (excluding diaryl/α,β-unsaturated/α-hetero) is 1. The lowest BCUT2D eigenvalue weighted by Crippen LogP contribution is -2.23. The van der Waals surface area contributed by atoms with Gasteiger partial charge in [-0.1, -0.05) is 11.6 Å². The lowest BCUT2D eigenvalue weighted by Gasteiger charge is -2.15. The molecule has 8 nitrogen and oxygen atoms in total. The predicted octanol–water partition coefficient (Wildman–Crippen LogP) is 2.33. The van der Waals surface area contributed by atoms with E-state index in [9.17, 15) is 18.0 Å². The Morgan fingerprint density at radius 1 is 1.38 bits per heavy atom. The minimum absolute atomic E-state index is 0.127. The van der Waals surface area contributed by atoms with Crippen molar-refractivity contribution in [2.24, 2.45) is 5.14 Å². The SMILES string of the molecule is CC(=O)[C@H](C)OC(=O)c1cc(S(N)(=O)=O)c(Cl)cc1NCc1ccco1. The Labute approximate surface area is 155 Å². The van der Waals surface area contributed by atoms with E-state index in [0.717, 1.165) is 6.07 Å². The molecule has 3 N–H and O–H groups in total. The molecule has 26 heavy (non-hydrogen) atoms. The normalized spacial score (nSPS) is 12.5. The first kappa shape index (κ1) is 20.0. The molecule has 0 saturated carbocycles. The Hall–Kier alpha value is -2.36. The maximum Gasteiger partial charge on any atom is 0.340 e. The number of nitrogens with one attached hydrogen (secondary N) is 1. The van der Waals surface area contributed by atoms with Crippen LogP contribution in [0, 0.1) is 0 Å². The molecular formula is C16H17ClN2O6S. The number of ketones is 1. The molecule has 1 atom stereocenters. The van der Waals surface area contributed by atoms with E-state index in [1.54, 1.807) is 12.1 Å². The van der Waals surface area contributed by atoms with Crippen LogP contribution in [-0.2, 0) is 26.1 Å². The third kappa shape index (κ3) is 4.84. The summed E-state index contributed by atoms with van der Waals surface area (Å²) in [4.78, 5) is 23.3. The van der Waals surface area contributed by atoms with Crippen molar-refractivity contribution in [2.45, 2.75) is 31.4 Å². The summed E-state index contributed by atoms with van der Waals surface area (Å²) in [6.07, 6.45) is 0.492. The molecular weight excluding hydrogens is 384 g/mol. The quantitative estimate of drug-likeness (QED) is 0.682. The van der Waals surface area contributed by atoms with Crippen LogP contribution >= 0.6 is 11.6 Å². The van der Waals surface area contributed by atoms with Gasteiger partial charge in [0.25, 0.3) is 0 Å². The Morgan fingerprint density at radius 3 is 2.62 bits per heavy atom. The number of ether oxygens (including phenoxy) is 1. The van der Waals surface area contributed by atoms with Gasteiger partial charge < -0.3 is 14.5 Å². The number of carbonyl (C=O) groups is 2. The molecule has 1 aromatic heterocycles. The molecule has 0 spiro atoms. The largest absolute Gasteiger partial charge is 0.467 e. The molecule has 2 rings (SSSR count). The first-order valence-electron chi connectivity index (χ1n) is 7.43. The van der Waals surface area contributed by atoms with Crippen LogP contribution in [0.2, 0.25) is 5.02 Å². The fourth-order valence-electron chi connectivity index (χ4n) is 1.99. The van der Waals surface area contributed by atoms with Crippen LogP contribution in [0.25, 0.3) is 0 Å². The van der Waals surface area contributed by atoms with Crippen molar-refractivity contribution >= 4 is 39.1 Å². The van der Waals surface area contributed by atoms with Crippen LogP contribution in [0.1, 0.15) is 30.0 Å². The van der Waals surface area contributed by atoms with Gasteiger partial charge in [-0.15, -0.1) is 0 Å². The molecule has 0 saturated heterocycles. The van der Waals surface area contributed by atoms with Gasteiger partial charge in [-0.3, -0.25) is 4.79 Å². The van der Waals surface area contributed by atoms with Gasteiger partial charge in [-0.05, 0) is 38.1 Å². The van der Waals surface area contributed by atoms with Crippen LogP contribution in [0.3, 0.4) is 0 Å². The number of carbonyl (C=O) groups excluding carboxylic acids is 2. The zero-order valence-electron chi connectivity index (χ0n) is 14.0. The van der Waals surface area contributed by atoms with Gasteiger partial charge in [0, 0.05) is 0 Å². The fraction of sp³-hybridized carbons (Fsp3) is 0.250. The van der Waals surface area contributed by atoms with Crippen molar-refractivity contribution in [3.63, 3.8) is 0 Å². The summed E-state index contributed by atoms with van der Waals surface area (Å²) in [6.45, 7) is 2.89. The second-order valence-corrected chi connectivity index (χ2v) is 7.40. The highest BCUT2D eigenvalue weighted by atomic mass is 35.5. The molecule has 1 aromatic carbocycles. The molecule has 0 unspecified atom stereocenters. The summed E-state index contributed by atoms with van der Waals surface area (Å²) < 4.78 is 33.6. The van der Waals surface area contributed by atoms with Crippen molar-refractivity contribution in [3.05, 3.63) is 46.9 Å². The number of esters is 1. The van der Waals surface area contributed by atoms with E-state index in [-0.39, 0.29) is 28.6 Å². The van der Waals surface area contributed by atoms with Crippen LogP contribution in [-0.4, -0.2) is 26.3 Å². The first-order chi connectivity index (χ1) is 12.1. The molecule has 0 amide bonds. The fourth-order valence-corrected chi connectivity index (χ4v) is 3.09. The number of sulfonamides is 1. The van der Waals surface area contributed by atoms with Gasteiger partial charge in [-0.2, -0.15) is 0 Å². The Bertz CT molecular complexity index is 924. The first-order valence-corrected chi connectivity index (χ1v) is 9.36. The molecule has 0 fully saturated rings. The van der Waals surface area contributed by atoms with E-state index in [1.165, 1.54) is 26.2 Å². The summed E-state index contributed by atoms with van der Waals surface area (Å²) in [5.41, 5.74) is 0.0811. The molecule has 0 bridgehead atoms. The lowest BCUT2D eigenvalue weighted by atomic mass is 10.1. The van der Waals surface area contributed by atoms with E-state index in [2.05, 4.69) is 5.32 Å². The molecule has 10 heteroatoms. The van der Waals surface area contributed by atoms with Crippen LogP contribution in [0.4, 0.5) is 5.69 Å². The third-order valence-electron chi connectivity index (χ3n) is 3.49. The zero-order valence-corrected chi connectivity index (χ0v) is 15.6. The number of benzene rings is 1. The summed E-state index contributed by atoms with van der Waals surface area (Å²) in [5, 5.41) is 7.88. The number of anilines is 1. The van der Waals surface area contributed by atoms with E-state index < -0.39 is 27.0 Å². The van der Waals surface area contributed by atoms with Gasteiger partial charge >= 0.3 is 5.97 Å². The molecule has 0 aliphatic rings. The van der Waals surface area contributed by atoms with Crippen molar-refractivity contribution in [2.75, 3.05) is 5.32 Å². The summed E-state index contributed by atoms with van der Waals surface area (Å²) in [6, 6.07) is 5.66. The predicted molar refractivity (Wildman–Crippen MR) is 94.4 cm³/mol. The smallest absolute Gasteiger partial charge is 0.340 e. The van der Waals surface area contributed by atoms with E-state index in [4.69, 9.17) is 25.9 Å². The molecule has 0 aliphatic carbocycles. The Morgan fingerprint density at radius 2 is 2.08 bits per heavy atom. The molecule has 1 heterocycles. The average Bonchev–Trinajstić information content (AvgIpc) is 3.04. The summed E-state index contributed by atoms with van der Waals surface area (Å²) in [5.74, 6) is -0.673. The molecule has 0 radical (unpaired) electrons. The van der Waals surface area contributed by atoms with Gasteiger partial charge in [0.1, 0.15) is 10.7 Å². The highest BCUT2D eigenvalue weighted by Crippen LogP contribution is 2.29. The maximum absolute atomic E-state index is 12.4. The average molecular weight is 401 g/mol. The summed E-state index contributed by atoms with van der Waals surface area (Å²) in [7, 11) is -4.16. The Balaban J connectivity index is 2.42. The summed E-state index contributed by atoms with van der Waals surface area (Å²) >= 11 is 5.98. The van der Waals surface area contributed by atoms with E-state index in [1.807, 2.05) is 0 Å². The van der Waals surface area contributed by atoms with Gasteiger partial charge in [-0.25, -0.2) is 18.4 Å². The number of hydrogen-bond acceptors (Lipinski definition) is 7. The third-order valence-corrected chi connectivity index (χ3v) is 4.86. The number of halogens is 1. The monoisotopic (exact) mass is 400 g/mol. The van der Waals surface area contributed by atoms with Crippen LogP contribution in [0.5, 0.6) is 0 Å². The van der Waals surface area contributed by atoms with Crippen LogP contribution < -0.4 is 10.5 Å². The van der Waals surface area contributed by atoms with E-state index >= 15 is 0 Å². The number of nitrogens with two attached hydrogens (primary N) is 1. The lowest BCUT2D eigenvalue weighted by molar-refractivity contribution is -0.124. The van der Waals surface area contributed by atoms with Crippen LogP contribution in [0.15, 0.2) is 39.8 Å². The number of hydrogen-bond donors (Lipinski definition) is 2. The highest BCUT2D eigenvalue weighted by molar-refractivity contribution is 7.89. The van der Waals surface area contributed by atoms with Gasteiger partial charge in [0.05, 0.1) is 29.1 Å². The van der Waals surface area contributed by atoms with Gasteiger partial charge in [0.15, 0.2) is 11.9 Å². The van der Waals surface area contributed by atoms with E-state index in [0.29, 0.717) is 5.76 Å². The van der Waals surface area contributed by atoms with Gasteiger partial charge in [0.2, 0.25) is 10.0 Å². The molecule has 0 aliphatic heterocycles. The number of furan rings is 1. The second kappa shape index (κ2) is 7.90. The van der Waals surface area contributed by atoms with Crippen molar-refractivity contribution in [1.29, 1.82) is 0 Å². The number of primary sulfonamides is 1. The standard InChI is InChI=1S/C16H17ClN2O6S/c1-9(20)10(2)25-16(21)12-6-15(26(18,22)23)13(17)7-14(12)19-8-11-4-3-5-24-11/h3-7,10,19H,8H2,1-2H3,(H2,18,22,23)/t10-/m0/s1. The highest BCUT2D eigenvalue weighted by Gasteiger charge is 2.23. The van der Waals surface area contributed by atoms with Crippen molar-refractivity contribution in [1.82, 2.24) is 0 Å². The van der Waals surface area contributed by atoms with Crippen molar-refractivity contribution in [3.8, 4) is 0 Å². The minimum atomic E-state index is -4.16. The van der Waals surface area contributed by atoms with Crippen molar-refractivity contribution < 1.29 is 27.2 Å². The molecule has 2 aromatic rings. The Kier molecular flexibility index (Phi) is 6.06. The molecule has 140 valence electrons. The topological polar surface area (TPSA) is 129 Å². The number of rotatable bonds is 7. The maximum atomic E-state index is 12.4. The second-order valence-electron chi connectivity index (χ2n) is 5.46. The minimum Gasteiger partial charge on any atom is -0.467 e.